The van der Waals surface area contributed by atoms with E-state index in [4.69, 9.17) is 0 Å². The molecule has 0 spiro atoms. The van der Waals surface area contributed by atoms with Gasteiger partial charge in [-0.2, -0.15) is 0 Å². The fraction of sp³-hybridized carbons (Fsp3) is 0.462. The van der Waals surface area contributed by atoms with Crippen LogP contribution in [0.15, 0.2) is 18.2 Å². The maximum atomic E-state index is 13.2. The molecule has 1 atom stereocenters. The number of nitrogens with zero attached hydrogens (tertiary/aromatic N) is 1. The van der Waals surface area contributed by atoms with E-state index in [2.05, 4.69) is 0 Å². The molecular weight excluding hydrogens is 269 g/mol. The molecule has 0 saturated carbocycles. The highest BCUT2D eigenvalue weighted by Gasteiger charge is 2.33. The number of halogens is 1. The molecule has 0 radical (unpaired) electrons. The van der Waals surface area contributed by atoms with Gasteiger partial charge in [-0.25, -0.2) is 12.8 Å². The summed E-state index contributed by atoms with van der Waals surface area (Å²) in [5.41, 5.74) is 0.964. The molecular formula is C13H16FNO3S. The Morgan fingerprint density at radius 1 is 1.42 bits per heavy atom. The van der Waals surface area contributed by atoms with Crippen LogP contribution in [0.5, 0.6) is 0 Å². The van der Waals surface area contributed by atoms with Crippen molar-refractivity contribution >= 4 is 15.7 Å². The highest BCUT2D eigenvalue weighted by Crippen LogP contribution is 2.20. The van der Waals surface area contributed by atoms with Crippen LogP contribution < -0.4 is 0 Å². The van der Waals surface area contributed by atoms with Gasteiger partial charge in [0, 0.05) is 18.7 Å². The van der Waals surface area contributed by atoms with E-state index in [9.17, 15) is 17.6 Å². The van der Waals surface area contributed by atoms with Crippen molar-refractivity contribution in [2.45, 2.75) is 19.4 Å². The minimum absolute atomic E-state index is 0.0103. The lowest BCUT2D eigenvalue weighted by Gasteiger charge is -2.24. The van der Waals surface area contributed by atoms with Gasteiger partial charge in [0.25, 0.3) is 5.91 Å². The zero-order valence-corrected chi connectivity index (χ0v) is 11.7. The van der Waals surface area contributed by atoms with Crippen LogP contribution in [-0.4, -0.2) is 43.8 Å². The molecule has 1 aromatic rings. The maximum absolute atomic E-state index is 13.2. The number of amides is 1. The van der Waals surface area contributed by atoms with E-state index < -0.39 is 15.7 Å². The third-order valence-corrected chi connectivity index (χ3v) is 5.26. The van der Waals surface area contributed by atoms with Crippen molar-refractivity contribution < 1.29 is 17.6 Å². The van der Waals surface area contributed by atoms with Crippen molar-refractivity contribution in [2.75, 3.05) is 18.6 Å². The van der Waals surface area contributed by atoms with Crippen molar-refractivity contribution in [3.05, 3.63) is 35.1 Å². The summed E-state index contributed by atoms with van der Waals surface area (Å²) in [5, 5.41) is 0. The van der Waals surface area contributed by atoms with Crippen molar-refractivity contribution in [3.8, 4) is 0 Å². The first kappa shape index (κ1) is 14.0. The number of sulfone groups is 1. The summed E-state index contributed by atoms with van der Waals surface area (Å²) in [6.45, 7) is 1.73. The molecule has 6 heteroatoms. The van der Waals surface area contributed by atoms with Crippen molar-refractivity contribution in [3.63, 3.8) is 0 Å². The number of hydrogen-bond donors (Lipinski definition) is 0. The molecule has 1 amide bonds. The van der Waals surface area contributed by atoms with Gasteiger partial charge in [-0.1, -0.05) is 6.07 Å². The topological polar surface area (TPSA) is 54.5 Å². The smallest absolute Gasteiger partial charge is 0.254 e. The van der Waals surface area contributed by atoms with Gasteiger partial charge in [-0.05, 0) is 31.0 Å². The van der Waals surface area contributed by atoms with Crippen LogP contribution in [0.3, 0.4) is 0 Å². The SMILES string of the molecule is Cc1ccc(F)cc1C(=O)N(C)C1CCS(=O)(=O)C1. The van der Waals surface area contributed by atoms with E-state index in [0.717, 1.165) is 0 Å². The summed E-state index contributed by atoms with van der Waals surface area (Å²) in [7, 11) is -1.47. The van der Waals surface area contributed by atoms with Gasteiger partial charge in [0.1, 0.15) is 5.82 Å². The average molecular weight is 285 g/mol. The number of rotatable bonds is 2. The first-order valence-corrected chi connectivity index (χ1v) is 7.86. The molecule has 1 heterocycles. The van der Waals surface area contributed by atoms with Gasteiger partial charge in [0.2, 0.25) is 0 Å². The summed E-state index contributed by atoms with van der Waals surface area (Å²) in [6, 6.07) is 3.71. The second-order valence-electron chi connectivity index (χ2n) is 4.93. The zero-order chi connectivity index (χ0) is 14.2. The molecule has 1 unspecified atom stereocenters. The van der Waals surface area contributed by atoms with Crippen molar-refractivity contribution in [1.82, 2.24) is 4.90 Å². The summed E-state index contributed by atoms with van der Waals surface area (Å²) in [4.78, 5) is 13.7. The van der Waals surface area contributed by atoms with E-state index >= 15 is 0 Å². The van der Waals surface area contributed by atoms with Gasteiger partial charge in [0.15, 0.2) is 9.84 Å². The van der Waals surface area contributed by atoms with Crippen LogP contribution in [0.25, 0.3) is 0 Å². The summed E-state index contributed by atoms with van der Waals surface area (Å²) in [5.74, 6) is -0.707. The fourth-order valence-electron chi connectivity index (χ4n) is 2.26. The van der Waals surface area contributed by atoms with Gasteiger partial charge in [-0.3, -0.25) is 4.79 Å². The Morgan fingerprint density at radius 3 is 2.68 bits per heavy atom. The van der Waals surface area contributed by atoms with Gasteiger partial charge in [-0.15, -0.1) is 0 Å². The molecule has 19 heavy (non-hydrogen) atoms. The lowest BCUT2D eigenvalue weighted by molar-refractivity contribution is 0.0746. The Morgan fingerprint density at radius 2 is 2.11 bits per heavy atom. The van der Waals surface area contributed by atoms with Gasteiger partial charge >= 0.3 is 0 Å². The Labute approximate surface area is 112 Å². The highest BCUT2D eigenvalue weighted by molar-refractivity contribution is 7.91. The Hall–Kier alpha value is -1.43. The molecule has 1 aromatic carbocycles. The molecule has 2 rings (SSSR count). The lowest BCUT2D eigenvalue weighted by atomic mass is 10.1. The van der Waals surface area contributed by atoms with E-state index in [1.165, 1.54) is 17.0 Å². The highest BCUT2D eigenvalue weighted by atomic mass is 32.2. The van der Waals surface area contributed by atoms with E-state index in [1.807, 2.05) is 0 Å². The molecule has 0 aromatic heterocycles. The molecule has 1 saturated heterocycles. The number of carbonyl (C=O) groups excluding carboxylic acids is 1. The second-order valence-corrected chi connectivity index (χ2v) is 7.16. The predicted octanol–water partition coefficient (Wildman–Crippen LogP) is 1.39. The molecule has 0 bridgehead atoms. The van der Waals surface area contributed by atoms with Crippen LogP contribution in [0.2, 0.25) is 0 Å². The number of benzene rings is 1. The third-order valence-electron chi connectivity index (χ3n) is 3.51. The first-order valence-electron chi connectivity index (χ1n) is 6.04. The summed E-state index contributed by atoms with van der Waals surface area (Å²) < 4.78 is 36.1. The van der Waals surface area contributed by atoms with Crippen LogP contribution in [-0.2, 0) is 9.84 Å². The summed E-state index contributed by atoms with van der Waals surface area (Å²) >= 11 is 0. The number of carbonyl (C=O) groups is 1. The normalized spacial score (nSPS) is 21.3. The fourth-order valence-corrected chi connectivity index (χ4v) is 4.04. The monoisotopic (exact) mass is 285 g/mol. The largest absolute Gasteiger partial charge is 0.338 e. The standard InChI is InChI=1S/C13H16FNO3S/c1-9-3-4-10(14)7-12(9)13(16)15(2)11-5-6-19(17,18)8-11/h3-4,7,11H,5-6,8H2,1-2H3. The predicted molar refractivity (Wildman–Crippen MR) is 70.3 cm³/mol. The van der Waals surface area contributed by atoms with Crippen molar-refractivity contribution in [1.29, 1.82) is 0 Å². The first-order chi connectivity index (χ1) is 8.80. The van der Waals surface area contributed by atoms with Gasteiger partial charge in [0.05, 0.1) is 11.5 Å². The van der Waals surface area contributed by atoms with Crippen LogP contribution in [0.4, 0.5) is 4.39 Å². The van der Waals surface area contributed by atoms with Crippen LogP contribution in [0, 0.1) is 12.7 Å². The quantitative estimate of drug-likeness (QED) is 0.825. The second kappa shape index (κ2) is 4.92. The molecule has 4 nitrogen and oxygen atoms in total. The molecule has 1 aliphatic heterocycles. The zero-order valence-electron chi connectivity index (χ0n) is 10.9. The van der Waals surface area contributed by atoms with E-state index in [-0.39, 0.29) is 29.0 Å². The molecule has 1 fully saturated rings. The number of hydrogen-bond acceptors (Lipinski definition) is 3. The Kier molecular flexibility index (Phi) is 3.62. The summed E-state index contributed by atoms with van der Waals surface area (Å²) in [6.07, 6.45) is 0.443. The molecule has 104 valence electrons. The maximum Gasteiger partial charge on any atom is 0.254 e. The minimum Gasteiger partial charge on any atom is -0.338 e. The van der Waals surface area contributed by atoms with Crippen LogP contribution >= 0.6 is 0 Å². The average Bonchev–Trinajstić information content (AvgIpc) is 2.71. The molecule has 0 aliphatic carbocycles. The molecule has 0 N–H and O–H groups in total. The molecule has 1 aliphatic rings. The van der Waals surface area contributed by atoms with Crippen LogP contribution in [0.1, 0.15) is 22.3 Å². The minimum atomic E-state index is -3.04. The Bertz CT molecular complexity index is 612. The van der Waals surface area contributed by atoms with E-state index in [0.29, 0.717) is 12.0 Å². The van der Waals surface area contributed by atoms with Gasteiger partial charge < -0.3 is 4.90 Å². The number of aryl methyl sites for hydroxylation is 1. The van der Waals surface area contributed by atoms with E-state index in [1.54, 1.807) is 20.0 Å². The lowest BCUT2D eigenvalue weighted by Crippen LogP contribution is -2.38. The third kappa shape index (κ3) is 2.94. The van der Waals surface area contributed by atoms with Crippen molar-refractivity contribution in [2.24, 2.45) is 0 Å². The Balaban J connectivity index is 2.22.